The van der Waals surface area contributed by atoms with Gasteiger partial charge in [-0.25, -0.2) is 0 Å². The molecule has 172 valence electrons. The van der Waals surface area contributed by atoms with Crippen molar-refractivity contribution in [2.45, 2.75) is 34.7 Å². The molecule has 0 aliphatic carbocycles. The molecular formula is C18H20ClF6NaO3S2. The van der Waals surface area contributed by atoms with E-state index in [1.54, 1.807) is 0 Å². The Labute approximate surface area is 212 Å². The summed E-state index contributed by atoms with van der Waals surface area (Å²) in [5.74, 6) is 1.26. The number of ether oxygens (including phenoxy) is 1. The summed E-state index contributed by atoms with van der Waals surface area (Å²) in [6.07, 6.45) is 0. The molecule has 0 saturated heterocycles. The Morgan fingerprint density at radius 3 is 1.42 bits per heavy atom. The second-order valence-corrected chi connectivity index (χ2v) is 7.57. The van der Waals surface area contributed by atoms with E-state index in [-0.39, 0.29) is 74.1 Å². The minimum atomic E-state index is -4.27. The first kappa shape index (κ1) is 35.2. The Bertz CT molecular complexity index is 687. The molecule has 0 unspecified atom stereocenters. The molecule has 0 saturated carbocycles. The van der Waals surface area contributed by atoms with E-state index in [1.807, 2.05) is 13.8 Å². The molecule has 0 fully saturated rings. The van der Waals surface area contributed by atoms with E-state index < -0.39 is 11.0 Å². The zero-order valence-corrected chi connectivity index (χ0v) is 21.2. The average Bonchev–Trinajstić information content (AvgIpc) is 2.58. The van der Waals surface area contributed by atoms with Crippen LogP contribution in [0, 0.1) is 0 Å². The molecule has 2 N–H and O–H groups in total. The van der Waals surface area contributed by atoms with Crippen LogP contribution in [0.2, 0.25) is 0 Å². The fourth-order valence-electron chi connectivity index (χ4n) is 1.55. The smallest absolute Gasteiger partial charge is 0.870 e. The fraction of sp³-hybridized carbons (Fsp3) is 0.333. The summed E-state index contributed by atoms with van der Waals surface area (Å²) in [6, 6.07) is 10.7. The van der Waals surface area contributed by atoms with E-state index in [0.29, 0.717) is 12.4 Å². The van der Waals surface area contributed by atoms with Crippen molar-refractivity contribution in [2.24, 2.45) is 0 Å². The summed E-state index contributed by atoms with van der Waals surface area (Å²) in [5, 5.41) is 8.76. The van der Waals surface area contributed by atoms with Crippen molar-refractivity contribution in [3.63, 3.8) is 0 Å². The van der Waals surface area contributed by atoms with Crippen molar-refractivity contribution >= 4 is 35.1 Å². The summed E-state index contributed by atoms with van der Waals surface area (Å²) in [7, 11) is 0. The zero-order valence-electron chi connectivity index (χ0n) is 16.8. The van der Waals surface area contributed by atoms with E-state index >= 15 is 0 Å². The van der Waals surface area contributed by atoms with Crippen LogP contribution in [0.25, 0.3) is 0 Å². The van der Waals surface area contributed by atoms with E-state index in [0.717, 1.165) is 5.88 Å². The summed E-state index contributed by atoms with van der Waals surface area (Å²) >= 11 is 4.67. The van der Waals surface area contributed by atoms with Crippen LogP contribution in [0.5, 0.6) is 11.5 Å². The number of hydrogen-bond acceptors (Lipinski definition) is 5. The fourth-order valence-corrected chi connectivity index (χ4v) is 2.63. The second-order valence-electron chi connectivity index (χ2n) is 4.76. The van der Waals surface area contributed by atoms with Crippen molar-refractivity contribution in [3.05, 3.63) is 48.5 Å². The molecule has 2 aromatic rings. The molecule has 0 aliphatic heterocycles. The first-order valence-electron chi connectivity index (χ1n) is 7.99. The van der Waals surface area contributed by atoms with Gasteiger partial charge < -0.3 is 15.3 Å². The Kier molecular flexibility index (Phi) is 20.5. The first-order valence-corrected chi connectivity index (χ1v) is 10.2. The van der Waals surface area contributed by atoms with Gasteiger partial charge in [-0.15, -0.1) is 11.6 Å². The molecule has 0 spiro atoms. The minimum absolute atomic E-state index is 0. The van der Waals surface area contributed by atoms with Crippen molar-refractivity contribution in [3.8, 4) is 11.5 Å². The average molecular weight is 521 g/mol. The zero-order chi connectivity index (χ0) is 22.5. The Hall–Kier alpha value is -0.430. The maximum atomic E-state index is 11.9. The van der Waals surface area contributed by atoms with E-state index in [1.165, 1.54) is 48.5 Å². The number of thioether (sulfide) groups is 2. The molecular weight excluding hydrogens is 501 g/mol. The quantitative estimate of drug-likeness (QED) is 0.272. The molecule has 2 aromatic carbocycles. The molecule has 0 radical (unpaired) electrons. The third-order valence-electron chi connectivity index (χ3n) is 2.44. The Morgan fingerprint density at radius 2 is 1.13 bits per heavy atom. The maximum Gasteiger partial charge on any atom is 1.00 e. The third kappa shape index (κ3) is 21.2. The van der Waals surface area contributed by atoms with Crippen LogP contribution in [-0.4, -0.2) is 34.1 Å². The number of benzene rings is 2. The first-order chi connectivity index (χ1) is 13.4. The van der Waals surface area contributed by atoms with Gasteiger partial charge in [0.05, 0.1) is 6.61 Å². The molecule has 0 amide bonds. The van der Waals surface area contributed by atoms with Crippen LogP contribution in [0.15, 0.2) is 58.3 Å². The number of hydrogen-bond donors (Lipinski definition) is 1. The number of rotatable bonds is 4. The van der Waals surface area contributed by atoms with Crippen LogP contribution >= 0.6 is 35.1 Å². The van der Waals surface area contributed by atoms with Crippen LogP contribution in [0.1, 0.15) is 13.8 Å². The van der Waals surface area contributed by atoms with E-state index in [9.17, 15) is 26.3 Å². The van der Waals surface area contributed by atoms with Gasteiger partial charge >= 0.3 is 40.6 Å². The van der Waals surface area contributed by atoms with Crippen molar-refractivity contribution < 1.29 is 71.2 Å². The van der Waals surface area contributed by atoms with E-state index in [4.69, 9.17) is 21.4 Å². The number of aromatic hydroxyl groups is 1. The maximum absolute atomic E-state index is 11.9. The van der Waals surface area contributed by atoms with Gasteiger partial charge in [0.1, 0.15) is 11.5 Å². The van der Waals surface area contributed by atoms with Crippen LogP contribution < -0.4 is 34.3 Å². The van der Waals surface area contributed by atoms with Crippen molar-refractivity contribution in [2.75, 3.05) is 12.5 Å². The predicted octanol–water partition coefficient (Wildman–Crippen LogP) is 4.77. The SMILES string of the molecule is CCCl.CCOc1ccc(SC(F)(F)F)cc1.Oc1ccc(SC(F)(F)F)cc1.[Na+].[OH-]. The standard InChI is InChI=1S/C9H9F3OS.C7H5F3OS.C2H5Cl.Na.H2O/c1-2-13-7-3-5-8(6-4-7)14-9(10,11)12;8-7(9,10)12-6-3-1-5(11)2-4-6;1-2-3;;/h3-6H,2H2,1H3;1-4,11H;2H2,1H3;;1H2/q;;;+1;/p-1. The topological polar surface area (TPSA) is 59.5 Å². The Morgan fingerprint density at radius 1 is 0.806 bits per heavy atom. The predicted molar refractivity (Wildman–Crippen MR) is 108 cm³/mol. The summed E-state index contributed by atoms with van der Waals surface area (Å²) < 4.78 is 76.1. The molecule has 0 aliphatic rings. The molecule has 0 aromatic heterocycles. The van der Waals surface area contributed by atoms with Gasteiger partial charge in [-0.3, -0.25) is 0 Å². The molecule has 2 rings (SSSR count). The number of alkyl halides is 7. The monoisotopic (exact) mass is 520 g/mol. The Balaban J connectivity index is -0.000000427. The summed E-state index contributed by atoms with van der Waals surface area (Å²) in [4.78, 5) is 0.237. The van der Waals surface area contributed by atoms with Crippen molar-refractivity contribution in [1.29, 1.82) is 0 Å². The van der Waals surface area contributed by atoms with Crippen molar-refractivity contribution in [1.82, 2.24) is 0 Å². The third-order valence-corrected chi connectivity index (χ3v) is 3.92. The van der Waals surface area contributed by atoms with Gasteiger partial charge in [-0.05, 0) is 79.0 Å². The van der Waals surface area contributed by atoms with Gasteiger partial charge in [-0.1, -0.05) is 6.92 Å². The van der Waals surface area contributed by atoms with E-state index in [2.05, 4.69) is 0 Å². The molecule has 0 atom stereocenters. The number of phenols is 1. The van der Waals surface area contributed by atoms with Gasteiger partial charge in [0.25, 0.3) is 0 Å². The largest absolute Gasteiger partial charge is 1.00 e. The van der Waals surface area contributed by atoms with Crippen LogP contribution in [0.3, 0.4) is 0 Å². The van der Waals surface area contributed by atoms with Gasteiger partial charge in [0, 0.05) is 15.7 Å². The normalized spacial score (nSPS) is 10.2. The summed E-state index contributed by atoms with van der Waals surface area (Å²) in [5.41, 5.74) is -8.50. The van der Waals surface area contributed by atoms with Crippen LogP contribution in [-0.2, 0) is 0 Å². The minimum Gasteiger partial charge on any atom is -0.870 e. The van der Waals surface area contributed by atoms with Gasteiger partial charge in [0.15, 0.2) is 0 Å². The molecule has 0 heterocycles. The number of halogens is 7. The number of phenolic OH excluding ortho intramolecular Hbond substituents is 1. The molecule has 0 bridgehead atoms. The molecule has 3 nitrogen and oxygen atoms in total. The molecule has 31 heavy (non-hydrogen) atoms. The summed E-state index contributed by atoms with van der Waals surface area (Å²) in [6.45, 7) is 4.21. The van der Waals surface area contributed by atoms with Gasteiger partial charge in [-0.2, -0.15) is 26.3 Å². The van der Waals surface area contributed by atoms with Crippen LogP contribution in [0.4, 0.5) is 26.3 Å². The molecule has 13 heteroatoms. The second kappa shape index (κ2) is 18.0. The van der Waals surface area contributed by atoms with Gasteiger partial charge in [0.2, 0.25) is 0 Å².